The predicted octanol–water partition coefficient (Wildman–Crippen LogP) is 2.12. The first-order valence-electron chi connectivity index (χ1n) is 5.80. The van der Waals surface area contributed by atoms with E-state index in [0.717, 1.165) is 30.4 Å². The van der Waals surface area contributed by atoms with E-state index in [0.29, 0.717) is 11.7 Å². The summed E-state index contributed by atoms with van der Waals surface area (Å²) >= 11 is 0. The second kappa shape index (κ2) is 3.52. The molecule has 0 fully saturated rings. The van der Waals surface area contributed by atoms with Gasteiger partial charge in [0.15, 0.2) is 0 Å². The average Bonchev–Trinajstić information content (AvgIpc) is 2.55. The number of nitrogens with one attached hydrogen (secondary N) is 2. The van der Waals surface area contributed by atoms with Gasteiger partial charge in [0.05, 0.1) is 0 Å². The highest BCUT2D eigenvalue weighted by molar-refractivity contribution is 5.90. The minimum atomic E-state index is 0.392. The van der Waals surface area contributed by atoms with Gasteiger partial charge in [-0.2, -0.15) is 0 Å². The molecular weight excluding hydrogens is 200 g/mol. The molecule has 84 valence electrons. The number of rotatable bonds is 0. The summed E-state index contributed by atoms with van der Waals surface area (Å²) in [4.78, 5) is 3.43. The number of hydrogen-bond donors (Lipinski definition) is 3. The molecule has 0 saturated carbocycles. The summed E-state index contributed by atoms with van der Waals surface area (Å²) in [6.45, 7) is 4.19. The van der Waals surface area contributed by atoms with Crippen molar-refractivity contribution in [1.29, 1.82) is 0 Å². The van der Waals surface area contributed by atoms with Crippen molar-refractivity contribution in [1.82, 2.24) is 10.3 Å². The zero-order valence-electron chi connectivity index (χ0n) is 9.38. The van der Waals surface area contributed by atoms with Crippen LogP contribution in [0.25, 0.3) is 10.9 Å². The fourth-order valence-corrected chi connectivity index (χ4v) is 2.68. The van der Waals surface area contributed by atoms with Gasteiger partial charge in [0.25, 0.3) is 0 Å². The fourth-order valence-electron chi connectivity index (χ4n) is 2.68. The monoisotopic (exact) mass is 216 g/mol. The molecule has 16 heavy (non-hydrogen) atoms. The standard InChI is InChI=1S/C13H16N2O/c1-8-7-14-6-5-10-12(8)13-9(15-10)3-2-4-11(13)16/h2-4,8,14-16H,5-7H2,1H3. The smallest absolute Gasteiger partial charge is 0.125 e. The minimum Gasteiger partial charge on any atom is -0.507 e. The second-order valence-electron chi connectivity index (χ2n) is 4.57. The molecule has 3 rings (SSSR count). The molecule has 0 aliphatic carbocycles. The van der Waals surface area contributed by atoms with E-state index < -0.39 is 0 Å². The fraction of sp³-hybridized carbons (Fsp3) is 0.385. The first kappa shape index (κ1) is 9.73. The van der Waals surface area contributed by atoms with Gasteiger partial charge >= 0.3 is 0 Å². The Kier molecular flexibility index (Phi) is 2.14. The Balaban J connectivity index is 2.32. The van der Waals surface area contributed by atoms with Crippen molar-refractivity contribution in [3.05, 3.63) is 29.5 Å². The molecule has 3 N–H and O–H groups in total. The molecule has 0 radical (unpaired) electrons. The number of phenolic OH excluding ortho intramolecular Hbond substituents is 1. The van der Waals surface area contributed by atoms with E-state index in [1.165, 1.54) is 11.3 Å². The average molecular weight is 216 g/mol. The lowest BCUT2D eigenvalue weighted by molar-refractivity contribution is 0.481. The van der Waals surface area contributed by atoms with Crippen LogP contribution in [0.2, 0.25) is 0 Å². The Hall–Kier alpha value is -1.48. The molecule has 0 saturated heterocycles. The van der Waals surface area contributed by atoms with Gasteiger partial charge in [0.2, 0.25) is 0 Å². The summed E-state index contributed by atoms with van der Waals surface area (Å²) in [5, 5.41) is 14.4. The van der Waals surface area contributed by atoms with E-state index in [1.807, 2.05) is 12.1 Å². The topological polar surface area (TPSA) is 48.0 Å². The lowest BCUT2D eigenvalue weighted by Gasteiger charge is -2.09. The quantitative estimate of drug-likeness (QED) is 0.631. The normalized spacial score (nSPS) is 20.7. The van der Waals surface area contributed by atoms with Crippen LogP contribution in [-0.2, 0) is 6.42 Å². The molecule has 0 amide bonds. The first-order chi connectivity index (χ1) is 7.77. The Bertz CT molecular complexity index is 530. The van der Waals surface area contributed by atoms with Crippen LogP contribution in [0.4, 0.5) is 0 Å². The zero-order chi connectivity index (χ0) is 11.1. The third-order valence-electron chi connectivity index (χ3n) is 3.42. The number of aromatic amines is 1. The summed E-state index contributed by atoms with van der Waals surface area (Å²) < 4.78 is 0. The number of aromatic nitrogens is 1. The van der Waals surface area contributed by atoms with Gasteiger partial charge in [0.1, 0.15) is 5.75 Å². The van der Waals surface area contributed by atoms with Crippen molar-refractivity contribution in [2.75, 3.05) is 13.1 Å². The van der Waals surface area contributed by atoms with Gasteiger partial charge in [-0.25, -0.2) is 0 Å². The third kappa shape index (κ3) is 1.32. The molecule has 3 heteroatoms. The van der Waals surface area contributed by atoms with Crippen LogP contribution in [0, 0.1) is 0 Å². The van der Waals surface area contributed by atoms with Crippen molar-refractivity contribution in [2.45, 2.75) is 19.3 Å². The number of phenols is 1. The summed E-state index contributed by atoms with van der Waals surface area (Å²) in [5.41, 5.74) is 3.62. The summed E-state index contributed by atoms with van der Waals surface area (Å²) in [7, 11) is 0. The molecule has 2 heterocycles. The maximum absolute atomic E-state index is 9.99. The van der Waals surface area contributed by atoms with Crippen LogP contribution < -0.4 is 5.32 Å². The van der Waals surface area contributed by atoms with E-state index in [4.69, 9.17) is 0 Å². The third-order valence-corrected chi connectivity index (χ3v) is 3.42. The lowest BCUT2D eigenvalue weighted by atomic mass is 9.97. The Morgan fingerprint density at radius 3 is 3.12 bits per heavy atom. The summed E-state index contributed by atoms with van der Waals surface area (Å²) in [6.07, 6.45) is 1.01. The highest BCUT2D eigenvalue weighted by atomic mass is 16.3. The van der Waals surface area contributed by atoms with Gasteiger partial charge < -0.3 is 15.4 Å². The largest absolute Gasteiger partial charge is 0.507 e. The van der Waals surface area contributed by atoms with E-state index in [2.05, 4.69) is 17.2 Å². The molecule has 0 bridgehead atoms. The molecule has 3 nitrogen and oxygen atoms in total. The van der Waals surface area contributed by atoms with Crippen LogP contribution in [0.1, 0.15) is 24.1 Å². The van der Waals surface area contributed by atoms with E-state index in [9.17, 15) is 5.11 Å². The molecular formula is C13H16N2O. The Morgan fingerprint density at radius 1 is 1.38 bits per heavy atom. The van der Waals surface area contributed by atoms with Gasteiger partial charge in [-0.1, -0.05) is 13.0 Å². The number of hydrogen-bond acceptors (Lipinski definition) is 2. The summed E-state index contributed by atoms with van der Waals surface area (Å²) in [6, 6.07) is 5.68. The van der Waals surface area contributed by atoms with Gasteiger partial charge in [0, 0.05) is 36.1 Å². The second-order valence-corrected chi connectivity index (χ2v) is 4.57. The van der Waals surface area contributed by atoms with Crippen LogP contribution >= 0.6 is 0 Å². The molecule has 1 aliphatic heterocycles. The van der Waals surface area contributed by atoms with Crippen LogP contribution in [0.15, 0.2) is 18.2 Å². The molecule has 1 aromatic heterocycles. The van der Waals surface area contributed by atoms with E-state index in [-0.39, 0.29) is 0 Å². The number of aromatic hydroxyl groups is 1. The van der Waals surface area contributed by atoms with E-state index >= 15 is 0 Å². The summed E-state index contributed by atoms with van der Waals surface area (Å²) in [5.74, 6) is 0.836. The highest BCUT2D eigenvalue weighted by Gasteiger charge is 2.21. The van der Waals surface area contributed by atoms with Crippen LogP contribution in [0.5, 0.6) is 5.75 Å². The number of H-pyrrole nitrogens is 1. The van der Waals surface area contributed by atoms with Crippen molar-refractivity contribution in [3.8, 4) is 5.75 Å². The Morgan fingerprint density at radius 2 is 2.25 bits per heavy atom. The number of benzene rings is 1. The van der Waals surface area contributed by atoms with Crippen LogP contribution in [-0.4, -0.2) is 23.2 Å². The van der Waals surface area contributed by atoms with Crippen molar-refractivity contribution >= 4 is 10.9 Å². The zero-order valence-corrected chi connectivity index (χ0v) is 9.38. The molecule has 1 atom stereocenters. The molecule has 1 unspecified atom stereocenters. The molecule has 1 aliphatic rings. The van der Waals surface area contributed by atoms with Gasteiger partial charge in [-0.05, 0) is 23.6 Å². The van der Waals surface area contributed by atoms with Gasteiger partial charge in [-0.3, -0.25) is 0 Å². The first-order valence-corrected chi connectivity index (χ1v) is 5.80. The lowest BCUT2D eigenvalue weighted by Crippen LogP contribution is -2.18. The van der Waals surface area contributed by atoms with Gasteiger partial charge in [-0.15, -0.1) is 0 Å². The SMILES string of the molecule is CC1CNCCc2[nH]c3cccc(O)c3c21. The Labute approximate surface area is 94.5 Å². The van der Waals surface area contributed by atoms with Crippen molar-refractivity contribution in [2.24, 2.45) is 0 Å². The van der Waals surface area contributed by atoms with Crippen molar-refractivity contribution < 1.29 is 5.11 Å². The molecule has 0 spiro atoms. The molecule has 1 aromatic carbocycles. The number of fused-ring (bicyclic) bond motifs is 3. The maximum atomic E-state index is 9.99. The van der Waals surface area contributed by atoms with Crippen molar-refractivity contribution in [3.63, 3.8) is 0 Å². The minimum absolute atomic E-state index is 0.392. The van der Waals surface area contributed by atoms with Crippen LogP contribution in [0.3, 0.4) is 0 Å². The maximum Gasteiger partial charge on any atom is 0.125 e. The van der Waals surface area contributed by atoms with E-state index in [1.54, 1.807) is 6.07 Å². The molecule has 2 aromatic rings. The highest BCUT2D eigenvalue weighted by Crippen LogP contribution is 2.35. The predicted molar refractivity (Wildman–Crippen MR) is 65.0 cm³/mol.